The lowest BCUT2D eigenvalue weighted by molar-refractivity contribution is -0.116. The average Bonchev–Trinajstić information content (AvgIpc) is 2.42. The molecule has 0 fully saturated rings. The van der Waals surface area contributed by atoms with Gasteiger partial charge in [-0.15, -0.1) is 0 Å². The normalized spacial score (nSPS) is 11.7. The van der Waals surface area contributed by atoms with Gasteiger partial charge in [0.2, 0.25) is 5.91 Å². The molecule has 2 N–H and O–H groups in total. The number of nitrogens with zero attached hydrogens (tertiary/aromatic N) is 1. The van der Waals surface area contributed by atoms with Gasteiger partial charge in [-0.05, 0) is 45.2 Å². The van der Waals surface area contributed by atoms with Crippen molar-refractivity contribution in [1.82, 2.24) is 10.2 Å². The largest absolute Gasteiger partial charge is 0.336 e. The van der Waals surface area contributed by atoms with Crippen molar-refractivity contribution in [3.8, 4) is 0 Å². The van der Waals surface area contributed by atoms with E-state index >= 15 is 0 Å². The first-order valence-corrected chi connectivity index (χ1v) is 8.13. The number of hydrogen-bond donors (Lipinski definition) is 2. The van der Waals surface area contributed by atoms with Crippen LogP contribution in [-0.2, 0) is 4.79 Å². The molecule has 0 aliphatic carbocycles. The van der Waals surface area contributed by atoms with Crippen molar-refractivity contribution in [2.75, 3.05) is 18.9 Å². The highest BCUT2D eigenvalue weighted by molar-refractivity contribution is 5.95. The summed E-state index contributed by atoms with van der Waals surface area (Å²) in [6.45, 7) is 10.0. The van der Waals surface area contributed by atoms with Crippen LogP contribution in [0.2, 0.25) is 0 Å². The fraction of sp³-hybridized carbons (Fsp3) is 0.556. The van der Waals surface area contributed by atoms with E-state index in [9.17, 15) is 9.59 Å². The van der Waals surface area contributed by atoms with E-state index in [4.69, 9.17) is 0 Å². The number of urea groups is 1. The molecule has 0 heterocycles. The molecule has 0 aliphatic heterocycles. The summed E-state index contributed by atoms with van der Waals surface area (Å²) in [5.74, 6) is -0.194. The van der Waals surface area contributed by atoms with Gasteiger partial charge < -0.3 is 15.5 Å². The van der Waals surface area contributed by atoms with E-state index in [2.05, 4.69) is 17.6 Å². The molecule has 1 aromatic carbocycles. The maximum Gasteiger partial charge on any atom is 0.317 e. The van der Waals surface area contributed by atoms with Crippen LogP contribution in [0.15, 0.2) is 12.1 Å². The van der Waals surface area contributed by atoms with Crippen LogP contribution in [0.25, 0.3) is 0 Å². The van der Waals surface area contributed by atoms with Crippen LogP contribution in [0, 0.1) is 20.8 Å². The van der Waals surface area contributed by atoms with Gasteiger partial charge in [0.15, 0.2) is 0 Å². The van der Waals surface area contributed by atoms with Crippen LogP contribution in [-0.4, -0.2) is 36.5 Å². The number of rotatable bonds is 6. The molecule has 0 radical (unpaired) electrons. The summed E-state index contributed by atoms with van der Waals surface area (Å²) in [6, 6.07) is 3.95. The Morgan fingerprint density at radius 3 is 2.26 bits per heavy atom. The van der Waals surface area contributed by atoms with Crippen LogP contribution in [0.1, 0.15) is 43.4 Å². The Morgan fingerprint density at radius 1 is 1.17 bits per heavy atom. The minimum Gasteiger partial charge on any atom is -0.336 e. The predicted octanol–water partition coefficient (Wildman–Crippen LogP) is 3.38. The first-order valence-electron chi connectivity index (χ1n) is 8.13. The summed E-state index contributed by atoms with van der Waals surface area (Å²) in [6.07, 6.45) is 1.94. The second-order valence-electron chi connectivity index (χ2n) is 6.32. The van der Waals surface area contributed by atoms with Gasteiger partial charge in [0.05, 0.1) is 0 Å². The number of nitrogens with one attached hydrogen (secondary N) is 2. The number of carbonyl (C=O) groups excluding carboxylic acids is 2. The van der Waals surface area contributed by atoms with Gasteiger partial charge in [-0.3, -0.25) is 4.79 Å². The molecular formula is C18H29N3O2. The maximum absolute atomic E-state index is 12.2. The van der Waals surface area contributed by atoms with Gasteiger partial charge in [0.25, 0.3) is 0 Å². The minimum atomic E-state index is -0.224. The molecule has 5 heteroatoms. The molecule has 0 saturated heterocycles. The monoisotopic (exact) mass is 319 g/mol. The molecule has 0 unspecified atom stereocenters. The van der Waals surface area contributed by atoms with E-state index in [1.807, 2.05) is 39.8 Å². The first-order chi connectivity index (χ1) is 10.7. The molecule has 23 heavy (non-hydrogen) atoms. The zero-order valence-electron chi connectivity index (χ0n) is 15.1. The zero-order chi connectivity index (χ0) is 17.6. The van der Waals surface area contributed by atoms with Crippen molar-refractivity contribution in [1.29, 1.82) is 0 Å². The number of likely N-dealkylation sites (N-methyl/N-ethyl adjacent to an activating group) is 1. The molecule has 1 atom stereocenters. The van der Waals surface area contributed by atoms with E-state index < -0.39 is 0 Å². The highest BCUT2D eigenvalue weighted by atomic mass is 16.2. The van der Waals surface area contributed by atoms with Crippen molar-refractivity contribution in [3.63, 3.8) is 0 Å². The summed E-state index contributed by atoms with van der Waals surface area (Å²) in [4.78, 5) is 25.6. The third-order valence-electron chi connectivity index (χ3n) is 3.76. The zero-order valence-corrected chi connectivity index (χ0v) is 15.1. The Bertz CT molecular complexity index is 546. The maximum atomic E-state index is 12.2. The Kier molecular flexibility index (Phi) is 7.07. The van der Waals surface area contributed by atoms with E-state index in [1.54, 1.807) is 7.05 Å². The van der Waals surface area contributed by atoms with Gasteiger partial charge in [-0.2, -0.15) is 0 Å². The van der Waals surface area contributed by atoms with Crippen LogP contribution >= 0.6 is 0 Å². The standard InChI is InChI=1S/C18H29N3O2/c1-7-8-15(5)19-18(23)21(6)11-16(22)20-17-13(3)9-12(2)10-14(17)4/h9-10,15H,7-8,11H2,1-6H3,(H,19,23)(H,20,22)/t15-/m1/s1. The molecule has 3 amide bonds. The second kappa shape index (κ2) is 8.56. The van der Waals surface area contributed by atoms with Gasteiger partial charge in [-0.1, -0.05) is 31.0 Å². The number of amides is 3. The van der Waals surface area contributed by atoms with Gasteiger partial charge >= 0.3 is 6.03 Å². The van der Waals surface area contributed by atoms with Crippen molar-refractivity contribution >= 4 is 17.6 Å². The van der Waals surface area contributed by atoms with E-state index in [0.29, 0.717) is 0 Å². The Morgan fingerprint density at radius 2 is 1.74 bits per heavy atom. The highest BCUT2D eigenvalue weighted by Gasteiger charge is 2.16. The molecule has 5 nitrogen and oxygen atoms in total. The number of benzene rings is 1. The van der Waals surface area contributed by atoms with Gasteiger partial charge in [0.1, 0.15) is 6.54 Å². The number of anilines is 1. The molecule has 0 saturated carbocycles. The van der Waals surface area contributed by atoms with E-state index in [-0.39, 0.29) is 24.5 Å². The quantitative estimate of drug-likeness (QED) is 0.844. The lowest BCUT2D eigenvalue weighted by atomic mass is 10.1. The van der Waals surface area contributed by atoms with Crippen molar-refractivity contribution in [2.45, 2.75) is 53.5 Å². The molecule has 128 valence electrons. The fourth-order valence-corrected chi connectivity index (χ4v) is 2.67. The predicted molar refractivity (Wildman–Crippen MR) is 94.8 cm³/mol. The highest BCUT2D eigenvalue weighted by Crippen LogP contribution is 2.21. The second-order valence-corrected chi connectivity index (χ2v) is 6.32. The van der Waals surface area contributed by atoms with Crippen LogP contribution in [0.3, 0.4) is 0 Å². The van der Waals surface area contributed by atoms with E-state index in [0.717, 1.165) is 29.7 Å². The SMILES string of the molecule is CCC[C@@H](C)NC(=O)N(C)CC(=O)Nc1c(C)cc(C)cc1C. The third kappa shape index (κ3) is 5.93. The molecule has 1 rings (SSSR count). The first kappa shape index (κ1) is 19.0. The summed E-state index contributed by atoms with van der Waals surface area (Å²) >= 11 is 0. The number of carbonyl (C=O) groups is 2. The van der Waals surface area contributed by atoms with Crippen molar-refractivity contribution < 1.29 is 9.59 Å². The molecule has 0 aliphatic rings. The summed E-state index contributed by atoms with van der Waals surface area (Å²) in [5.41, 5.74) is 4.05. The topological polar surface area (TPSA) is 61.4 Å². The van der Waals surface area contributed by atoms with E-state index in [1.165, 1.54) is 10.5 Å². The smallest absolute Gasteiger partial charge is 0.317 e. The summed E-state index contributed by atoms with van der Waals surface area (Å²) < 4.78 is 0. The lowest BCUT2D eigenvalue weighted by Gasteiger charge is -2.21. The Balaban J connectivity index is 2.61. The average molecular weight is 319 g/mol. The van der Waals surface area contributed by atoms with Crippen LogP contribution in [0.5, 0.6) is 0 Å². The lowest BCUT2D eigenvalue weighted by Crippen LogP contribution is -2.44. The minimum absolute atomic E-state index is 0.0252. The number of hydrogen-bond acceptors (Lipinski definition) is 2. The molecule has 0 spiro atoms. The molecule has 0 bridgehead atoms. The van der Waals surface area contributed by atoms with Crippen molar-refractivity contribution in [2.24, 2.45) is 0 Å². The molecule has 1 aromatic rings. The van der Waals surface area contributed by atoms with Crippen LogP contribution < -0.4 is 10.6 Å². The Labute approximate surface area is 139 Å². The third-order valence-corrected chi connectivity index (χ3v) is 3.76. The summed E-state index contributed by atoms with van der Waals surface area (Å²) in [7, 11) is 1.63. The van der Waals surface area contributed by atoms with Crippen LogP contribution in [0.4, 0.5) is 10.5 Å². The van der Waals surface area contributed by atoms with Gasteiger partial charge in [0, 0.05) is 18.8 Å². The summed E-state index contributed by atoms with van der Waals surface area (Å²) in [5, 5.41) is 5.80. The number of aryl methyl sites for hydroxylation is 3. The fourth-order valence-electron chi connectivity index (χ4n) is 2.67. The molecular weight excluding hydrogens is 290 g/mol. The molecule has 0 aromatic heterocycles. The Hall–Kier alpha value is -2.04. The van der Waals surface area contributed by atoms with Gasteiger partial charge in [-0.25, -0.2) is 4.79 Å². The van der Waals surface area contributed by atoms with Crippen molar-refractivity contribution in [3.05, 3.63) is 28.8 Å².